The minimum absolute atomic E-state index is 0.107. The minimum Gasteiger partial charge on any atom is -0.497 e. The second kappa shape index (κ2) is 8.94. The van der Waals surface area contributed by atoms with Crippen LogP contribution in [0.25, 0.3) is 11.3 Å². The number of fused-ring (bicyclic) bond motifs is 1. The van der Waals surface area contributed by atoms with E-state index in [0.717, 1.165) is 17.0 Å². The zero-order chi connectivity index (χ0) is 21.9. The normalized spacial score (nSPS) is 24.0. The standard InChI is InChI=1S/C24H24N4O4/c1-30-17-9-7-15(8-10-17)18-11-12-25-24(27-18)28-20-14-32-21-19(13-31-22(20)21)26-23(29)16-5-3-2-4-6-16/h2-12,19-22H,13-14H2,1H3,(H,26,29)(H,25,27,28). The first-order valence-corrected chi connectivity index (χ1v) is 10.5. The number of nitrogens with one attached hydrogen (secondary N) is 2. The van der Waals surface area contributed by atoms with Crippen LogP contribution in [0.2, 0.25) is 0 Å². The SMILES string of the molecule is COc1ccc(-c2ccnc(NC3COC4C(NC(=O)c5ccccc5)COC34)n2)cc1. The maximum absolute atomic E-state index is 12.5. The van der Waals surface area contributed by atoms with Crippen LogP contribution in [0.4, 0.5) is 5.95 Å². The number of amides is 1. The summed E-state index contributed by atoms with van der Waals surface area (Å²) in [6.45, 7) is 0.849. The molecule has 3 aromatic rings. The van der Waals surface area contributed by atoms with Crippen LogP contribution in [0.5, 0.6) is 5.75 Å². The van der Waals surface area contributed by atoms with Gasteiger partial charge in [-0.25, -0.2) is 9.97 Å². The predicted octanol–water partition coefficient (Wildman–Crippen LogP) is 2.53. The highest BCUT2D eigenvalue weighted by Crippen LogP contribution is 2.29. The highest BCUT2D eigenvalue weighted by Gasteiger charge is 2.48. The van der Waals surface area contributed by atoms with Gasteiger partial charge >= 0.3 is 0 Å². The average molecular weight is 432 g/mol. The van der Waals surface area contributed by atoms with Crippen LogP contribution < -0.4 is 15.4 Å². The molecule has 2 aliphatic rings. The van der Waals surface area contributed by atoms with E-state index in [0.29, 0.717) is 24.7 Å². The molecule has 2 N–H and O–H groups in total. The van der Waals surface area contributed by atoms with E-state index in [-0.39, 0.29) is 30.2 Å². The van der Waals surface area contributed by atoms with Crippen molar-refractivity contribution in [2.45, 2.75) is 24.3 Å². The number of rotatable bonds is 6. The number of benzene rings is 2. The number of hydrogen-bond donors (Lipinski definition) is 2. The van der Waals surface area contributed by atoms with E-state index < -0.39 is 0 Å². The third-order valence-corrected chi connectivity index (χ3v) is 5.76. The van der Waals surface area contributed by atoms with E-state index in [9.17, 15) is 4.79 Å². The Morgan fingerprint density at radius 3 is 2.44 bits per heavy atom. The zero-order valence-electron chi connectivity index (χ0n) is 17.6. The summed E-state index contributed by atoms with van der Waals surface area (Å²) in [6.07, 6.45) is 1.31. The molecule has 1 amide bonds. The molecule has 4 unspecified atom stereocenters. The monoisotopic (exact) mass is 432 g/mol. The Kier molecular flexibility index (Phi) is 5.70. The Morgan fingerprint density at radius 1 is 0.969 bits per heavy atom. The van der Waals surface area contributed by atoms with E-state index in [1.165, 1.54) is 0 Å². The Bertz CT molecular complexity index is 1080. The molecule has 0 radical (unpaired) electrons. The molecule has 5 rings (SSSR count). The second-order valence-electron chi connectivity index (χ2n) is 7.79. The van der Waals surface area contributed by atoms with Gasteiger partial charge in [-0.1, -0.05) is 18.2 Å². The summed E-state index contributed by atoms with van der Waals surface area (Å²) in [6, 6.07) is 18.4. The lowest BCUT2D eigenvalue weighted by Gasteiger charge is -2.18. The maximum atomic E-state index is 12.5. The van der Waals surface area contributed by atoms with Crippen molar-refractivity contribution in [2.24, 2.45) is 0 Å². The van der Waals surface area contributed by atoms with Crippen molar-refractivity contribution >= 4 is 11.9 Å². The molecule has 0 spiro atoms. The van der Waals surface area contributed by atoms with E-state index in [4.69, 9.17) is 14.2 Å². The number of anilines is 1. The van der Waals surface area contributed by atoms with Crippen molar-refractivity contribution in [2.75, 3.05) is 25.6 Å². The predicted molar refractivity (Wildman–Crippen MR) is 119 cm³/mol. The highest BCUT2D eigenvalue weighted by molar-refractivity contribution is 5.94. The Labute approximate surface area is 185 Å². The minimum atomic E-state index is -0.218. The van der Waals surface area contributed by atoms with Crippen LogP contribution in [0.3, 0.4) is 0 Å². The lowest BCUT2D eigenvalue weighted by Crippen LogP contribution is -2.44. The molecule has 8 nitrogen and oxygen atoms in total. The fraction of sp³-hybridized carbons (Fsp3) is 0.292. The number of ether oxygens (including phenoxy) is 3. The molecular formula is C24H24N4O4. The van der Waals surface area contributed by atoms with Gasteiger partial charge in [-0.05, 0) is 42.5 Å². The number of nitrogens with zero attached hydrogens (tertiary/aromatic N) is 2. The molecule has 2 aromatic carbocycles. The first-order chi connectivity index (χ1) is 15.7. The van der Waals surface area contributed by atoms with Gasteiger partial charge in [-0.2, -0.15) is 0 Å². The van der Waals surface area contributed by atoms with Gasteiger partial charge in [0.2, 0.25) is 5.95 Å². The summed E-state index contributed by atoms with van der Waals surface area (Å²) in [5.74, 6) is 1.17. The molecule has 164 valence electrons. The van der Waals surface area contributed by atoms with Gasteiger partial charge in [0.05, 0.1) is 38.1 Å². The van der Waals surface area contributed by atoms with Crippen LogP contribution in [-0.2, 0) is 9.47 Å². The summed E-state index contributed by atoms with van der Waals surface area (Å²) in [5, 5.41) is 6.37. The van der Waals surface area contributed by atoms with E-state index in [1.807, 2.05) is 48.5 Å². The van der Waals surface area contributed by atoms with Crippen molar-refractivity contribution in [3.63, 3.8) is 0 Å². The average Bonchev–Trinajstić information content (AvgIpc) is 3.43. The van der Waals surface area contributed by atoms with Crippen molar-refractivity contribution in [3.8, 4) is 17.0 Å². The molecule has 0 bridgehead atoms. The Morgan fingerprint density at radius 2 is 1.69 bits per heavy atom. The van der Waals surface area contributed by atoms with Crippen LogP contribution in [0.15, 0.2) is 66.9 Å². The van der Waals surface area contributed by atoms with Gasteiger partial charge in [-0.15, -0.1) is 0 Å². The number of hydrogen-bond acceptors (Lipinski definition) is 7. The van der Waals surface area contributed by atoms with Crippen LogP contribution in [0, 0.1) is 0 Å². The molecule has 32 heavy (non-hydrogen) atoms. The lowest BCUT2D eigenvalue weighted by atomic mass is 10.1. The van der Waals surface area contributed by atoms with E-state index in [1.54, 1.807) is 25.4 Å². The van der Waals surface area contributed by atoms with Gasteiger partial charge in [0.15, 0.2) is 0 Å². The molecule has 1 aromatic heterocycles. The summed E-state index contributed by atoms with van der Waals surface area (Å²) >= 11 is 0. The Balaban J connectivity index is 1.23. The van der Waals surface area contributed by atoms with Crippen molar-refractivity contribution in [1.82, 2.24) is 15.3 Å². The smallest absolute Gasteiger partial charge is 0.251 e. The summed E-state index contributed by atoms with van der Waals surface area (Å²) in [4.78, 5) is 21.5. The molecule has 3 heterocycles. The second-order valence-corrected chi connectivity index (χ2v) is 7.79. The number of aromatic nitrogens is 2. The fourth-order valence-corrected chi connectivity index (χ4v) is 4.10. The van der Waals surface area contributed by atoms with E-state index >= 15 is 0 Å². The lowest BCUT2D eigenvalue weighted by molar-refractivity contribution is 0.0652. The van der Waals surface area contributed by atoms with Crippen molar-refractivity contribution in [1.29, 1.82) is 0 Å². The molecule has 2 saturated heterocycles. The molecule has 4 atom stereocenters. The first kappa shape index (κ1) is 20.4. The first-order valence-electron chi connectivity index (χ1n) is 10.5. The van der Waals surface area contributed by atoms with Crippen molar-refractivity contribution < 1.29 is 19.0 Å². The molecule has 0 aliphatic carbocycles. The summed E-state index contributed by atoms with van der Waals surface area (Å²) in [5.41, 5.74) is 2.39. The Hall–Kier alpha value is -3.49. The van der Waals surface area contributed by atoms with Crippen molar-refractivity contribution in [3.05, 3.63) is 72.4 Å². The van der Waals surface area contributed by atoms with Crippen LogP contribution in [0.1, 0.15) is 10.4 Å². The summed E-state index contributed by atoms with van der Waals surface area (Å²) < 4.78 is 17.2. The highest BCUT2D eigenvalue weighted by atomic mass is 16.6. The summed E-state index contributed by atoms with van der Waals surface area (Å²) in [7, 11) is 1.64. The van der Waals surface area contributed by atoms with Gasteiger partial charge in [0.25, 0.3) is 5.91 Å². The molecule has 0 saturated carbocycles. The van der Waals surface area contributed by atoms with Gasteiger partial charge in [0, 0.05) is 17.3 Å². The van der Waals surface area contributed by atoms with Gasteiger partial charge < -0.3 is 24.8 Å². The zero-order valence-corrected chi connectivity index (χ0v) is 17.6. The molecule has 8 heteroatoms. The maximum Gasteiger partial charge on any atom is 0.251 e. The molecular weight excluding hydrogens is 408 g/mol. The largest absolute Gasteiger partial charge is 0.497 e. The third kappa shape index (κ3) is 4.15. The third-order valence-electron chi connectivity index (χ3n) is 5.76. The quantitative estimate of drug-likeness (QED) is 0.618. The van der Waals surface area contributed by atoms with Crippen LogP contribution >= 0.6 is 0 Å². The number of carbonyl (C=O) groups is 1. The number of carbonyl (C=O) groups excluding carboxylic acids is 1. The molecule has 2 aliphatic heterocycles. The van der Waals surface area contributed by atoms with Gasteiger partial charge in [-0.3, -0.25) is 4.79 Å². The fourth-order valence-electron chi connectivity index (χ4n) is 4.10. The van der Waals surface area contributed by atoms with Gasteiger partial charge in [0.1, 0.15) is 18.0 Å². The van der Waals surface area contributed by atoms with E-state index in [2.05, 4.69) is 20.6 Å². The number of methoxy groups -OCH3 is 1. The molecule has 2 fully saturated rings. The topological polar surface area (TPSA) is 94.6 Å². The van der Waals surface area contributed by atoms with Crippen LogP contribution in [-0.4, -0.2) is 60.5 Å².